The summed E-state index contributed by atoms with van der Waals surface area (Å²) >= 11 is 1.40. The van der Waals surface area contributed by atoms with E-state index in [0.29, 0.717) is 23.5 Å². The van der Waals surface area contributed by atoms with Gasteiger partial charge in [0.15, 0.2) is 5.78 Å². The number of carbonyl (C=O) groups is 2. The number of hydrogen-bond donors (Lipinski definition) is 1. The fourth-order valence-corrected chi connectivity index (χ4v) is 3.90. The van der Waals surface area contributed by atoms with Crippen LogP contribution in [0.25, 0.3) is 0 Å². The molecule has 1 aliphatic rings. The monoisotopic (exact) mass is 414 g/mol. The number of amidine groups is 1. The molecule has 3 aromatic rings. The first-order valence-electron chi connectivity index (χ1n) is 9.45. The normalized spacial score (nSPS) is 13.1. The molecule has 1 aromatic heterocycles. The summed E-state index contributed by atoms with van der Waals surface area (Å²) in [6, 6.07) is 14.8. The maximum Gasteiger partial charge on any atom is 0.232 e. The first-order valence-corrected chi connectivity index (χ1v) is 10.4. The predicted octanol–water partition coefficient (Wildman–Crippen LogP) is 3.95. The molecular formula is C23H18N4O2S. The molecule has 1 amide bonds. The molecule has 30 heavy (non-hydrogen) atoms. The molecule has 0 saturated carbocycles. The summed E-state index contributed by atoms with van der Waals surface area (Å²) in [7, 11) is 0. The highest BCUT2D eigenvalue weighted by Gasteiger charge is 2.21. The van der Waals surface area contributed by atoms with Gasteiger partial charge in [-0.2, -0.15) is 5.26 Å². The largest absolute Gasteiger partial charge is 0.313 e. The van der Waals surface area contributed by atoms with E-state index >= 15 is 0 Å². The van der Waals surface area contributed by atoms with Gasteiger partial charge in [-0.1, -0.05) is 24.3 Å². The van der Waals surface area contributed by atoms with Crippen LogP contribution in [-0.4, -0.2) is 22.5 Å². The Labute approximate surface area is 177 Å². The zero-order valence-electron chi connectivity index (χ0n) is 16.3. The van der Waals surface area contributed by atoms with E-state index in [4.69, 9.17) is 5.26 Å². The number of thiazole rings is 1. The number of benzene rings is 2. The number of carbonyl (C=O) groups excluding carboxylic acids is 2. The van der Waals surface area contributed by atoms with Gasteiger partial charge in [-0.3, -0.25) is 9.59 Å². The molecule has 4 rings (SSSR count). The van der Waals surface area contributed by atoms with E-state index in [1.807, 2.05) is 24.3 Å². The molecular weight excluding hydrogens is 396 g/mol. The first-order chi connectivity index (χ1) is 14.5. The van der Waals surface area contributed by atoms with Gasteiger partial charge < -0.3 is 5.32 Å². The molecule has 1 aliphatic heterocycles. The molecule has 0 bridgehead atoms. The summed E-state index contributed by atoms with van der Waals surface area (Å²) < 4.78 is 0. The SMILES string of the molecule is C[C@H](C(=O)NC1=Nc2ccc(CC(=O)c3cscn3)cc2C1)c1cccc(C#N)c1. The summed E-state index contributed by atoms with van der Waals surface area (Å²) in [4.78, 5) is 33.5. The lowest BCUT2D eigenvalue weighted by molar-refractivity contribution is -0.120. The molecule has 6 nitrogen and oxygen atoms in total. The van der Waals surface area contributed by atoms with E-state index in [2.05, 4.69) is 21.4 Å². The molecule has 0 saturated heterocycles. The zero-order chi connectivity index (χ0) is 21.1. The lowest BCUT2D eigenvalue weighted by Gasteiger charge is -2.12. The number of ketones is 1. The summed E-state index contributed by atoms with van der Waals surface area (Å²) in [5.41, 5.74) is 6.12. The number of rotatable bonds is 5. The van der Waals surface area contributed by atoms with Gasteiger partial charge in [-0.05, 0) is 41.8 Å². The van der Waals surface area contributed by atoms with Crippen LogP contribution in [-0.2, 0) is 17.6 Å². The summed E-state index contributed by atoms with van der Waals surface area (Å²) in [5, 5.41) is 13.7. The molecule has 7 heteroatoms. The second kappa shape index (κ2) is 8.39. The van der Waals surface area contributed by atoms with Gasteiger partial charge in [0, 0.05) is 18.2 Å². The minimum Gasteiger partial charge on any atom is -0.313 e. The van der Waals surface area contributed by atoms with Crippen molar-refractivity contribution >= 4 is 34.6 Å². The second-order valence-corrected chi connectivity index (χ2v) is 7.84. The molecule has 0 spiro atoms. The average Bonchev–Trinajstić information content (AvgIpc) is 3.42. The van der Waals surface area contributed by atoms with Crippen LogP contribution in [0.4, 0.5) is 5.69 Å². The van der Waals surface area contributed by atoms with E-state index in [-0.39, 0.29) is 18.1 Å². The van der Waals surface area contributed by atoms with E-state index in [1.54, 1.807) is 36.0 Å². The lowest BCUT2D eigenvalue weighted by atomic mass is 9.98. The molecule has 0 aliphatic carbocycles. The van der Waals surface area contributed by atoms with Crippen LogP contribution in [0.3, 0.4) is 0 Å². The third-order valence-corrected chi connectivity index (χ3v) is 5.60. The molecule has 0 radical (unpaired) electrons. The molecule has 0 unspecified atom stereocenters. The number of hydrogen-bond acceptors (Lipinski definition) is 6. The summed E-state index contributed by atoms with van der Waals surface area (Å²) in [6.45, 7) is 1.80. The Kier molecular flexibility index (Phi) is 5.50. The van der Waals surface area contributed by atoms with Crippen LogP contribution in [0.5, 0.6) is 0 Å². The van der Waals surface area contributed by atoms with Gasteiger partial charge in [-0.15, -0.1) is 11.3 Å². The second-order valence-electron chi connectivity index (χ2n) is 7.12. The van der Waals surface area contributed by atoms with Crippen molar-refractivity contribution < 1.29 is 9.59 Å². The van der Waals surface area contributed by atoms with Crippen molar-refractivity contribution in [1.82, 2.24) is 10.3 Å². The Morgan fingerprint density at radius 1 is 1.27 bits per heavy atom. The summed E-state index contributed by atoms with van der Waals surface area (Å²) in [5.74, 6) is -0.00934. The fourth-order valence-electron chi connectivity index (χ4n) is 3.34. The highest BCUT2D eigenvalue weighted by atomic mass is 32.1. The van der Waals surface area contributed by atoms with Crippen molar-refractivity contribution in [2.45, 2.75) is 25.7 Å². The van der Waals surface area contributed by atoms with Crippen LogP contribution >= 0.6 is 11.3 Å². The number of nitrogens with one attached hydrogen (secondary N) is 1. The van der Waals surface area contributed by atoms with Crippen LogP contribution < -0.4 is 5.32 Å². The van der Waals surface area contributed by atoms with E-state index < -0.39 is 5.92 Å². The van der Waals surface area contributed by atoms with Crippen LogP contribution in [0, 0.1) is 11.3 Å². The van der Waals surface area contributed by atoms with Gasteiger partial charge in [-0.25, -0.2) is 9.98 Å². The number of aliphatic imine (C=N–C) groups is 1. The Bertz CT molecular complexity index is 1190. The minimum absolute atomic E-state index is 0.0166. The Hall–Kier alpha value is -3.63. The lowest BCUT2D eigenvalue weighted by Crippen LogP contribution is -2.33. The minimum atomic E-state index is -0.406. The van der Waals surface area contributed by atoms with Crippen molar-refractivity contribution in [3.63, 3.8) is 0 Å². The predicted molar refractivity (Wildman–Crippen MR) is 115 cm³/mol. The van der Waals surface area contributed by atoms with Crippen molar-refractivity contribution in [2.75, 3.05) is 0 Å². The van der Waals surface area contributed by atoms with E-state index in [9.17, 15) is 9.59 Å². The molecule has 1 N–H and O–H groups in total. The quantitative estimate of drug-likeness (QED) is 0.640. The number of nitrogens with zero attached hydrogens (tertiary/aromatic N) is 3. The van der Waals surface area contributed by atoms with Crippen molar-refractivity contribution in [1.29, 1.82) is 5.26 Å². The Balaban J connectivity index is 1.41. The molecule has 0 fully saturated rings. The number of aromatic nitrogens is 1. The Morgan fingerprint density at radius 3 is 2.90 bits per heavy atom. The average molecular weight is 414 g/mol. The molecule has 2 heterocycles. The topological polar surface area (TPSA) is 95.2 Å². The van der Waals surface area contributed by atoms with Gasteiger partial charge >= 0.3 is 0 Å². The number of amides is 1. The van der Waals surface area contributed by atoms with Gasteiger partial charge in [0.2, 0.25) is 5.91 Å². The van der Waals surface area contributed by atoms with E-state index in [1.165, 1.54) is 11.3 Å². The molecule has 2 aromatic carbocycles. The number of fused-ring (bicyclic) bond motifs is 1. The Morgan fingerprint density at radius 2 is 2.13 bits per heavy atom. The highest BCUT2D eigenvalue weighted by molar-refractivity contribution is 7.07. The van der Waals surface area contributed by atoms with Gasteiger partial charge in [0.05, 0.1) is 28.7 Å². The van der Waals surface area contributed by atoms with Crippen LogP contribution in [0.1, 0.15) is 45.6 Å². The third-order valence-electron chi connectivity index (χ3n) is 5.02. The van der Waals surface area contributed by atoms with E-state index in [0.717, 1.165) is 22.4 Å². The first kappa shape index (κ1) is 19.7. The van der Waals surface area contributed by atoms with Crippen LogP contribution in [0.15, 0.2) is 58.3 Å². The number of Topliss-reactive ketones (excluding diaryl/α,β-unsaturated/α-hetero) is 1. The maximum absolute atomic E-state index is 12.7. The fraction of sp³-hybridized carbons (Fsp3) is 0.174. The third kappa shape index (κ3) is 4.19. The molecule has 148 valence electrons. The molecule has 1 atom stereocenters. The summed E-state index contributed by atoms with van der Waals surface area (Å²) in [6.07, 6.45) is 0.787. The number of nitriles is 1. The van der Waals surface area contributed by atoms with Crippen molar-refractivity contribution in [3.05, 3.63) is 81.3 Å². The van der Waals surface area contributed by atoms with Gasteiger partial charge in [0.25, 0.3) is 0 Å². The van der Waals surface area contributed by atoms with Gasteiger partial charge in [0.1, 0.15) is 11.5 Å². The van der Waals surface area contributed by atoms with Crippen LogP contribution in [0.2, 0.25) is 0 Å². The van der Waals surface area contributed by atoms with Crippen molar-refractivity contribution in [3.8, 4) is 6.07 Å². The standard InChI is InChI=1S/C23H18N4O2S/c1-14(17-4-2-3-16(8-17)11-24)23(29)27-22-10-18-7-15(5-6-19(18)26-22)9-21(28)20-12-30-13-25-20/h2-8,12-14H,9-10H2,1H3,(H,26,27,29)/t14-/m0/s1. The maximum atomic E-state index is 12.7. The highest BCUT2D eigenvalue weighted by Crippen LogP contribution is 2.28. The van der Waals surface area contributed by atoms with Crippen molar-refractivity contribution in [2.24, 2.45) is 4.99 Å². The smallest absolute Gasteiger partial charge is 0.232 e. The zero-order valence-corrected chi connectivity index (χ0v) is 17.1.